The van der Waals surface area contributed by atoms with E-state index in [-0.39, 0.29) is 0 Å². The summed E-state index contributed by atoms with van der Waals surface area (Å²) in [6.45, 7) is 2.57. The van der Waals surface area contributed by atoms with Crippen LogP contribution < -0.4 is 0 Å². The van der Waals surface area contributed by atoms with Gasteiger partial charge in [-0.15, -0.1) is 0 Å². The molecule has 0 aromatic carbocycles. The minimum atomic E-state index is -0.713. The lowest BCUT2D eigenvalue weighted by Crippen LogP contribution is -2.03. The van der Waals surface area contributed by atoms with Gasteiger partial charge in [0.2, 0.25) is 0 Å². The van der Waals surface area contributed by atoms with Crippen LogP contribution in [0.5, 0.6) is 0 Å². The second-order valence-corrected chi connectivity index (χ2v) is 3.33. The first-order valence-electron chi connectivity index (χ1n) is 4.43. The Hall–Kier alpha value is -0.0900. The predicted octanol–water partition coefficient (Wildman–Crippen LogP) is 3.91. The van der Waals surface area contributed by atoms with Gasteiger partial charge >= 0.3 is 6.16 Å². The molecule has 0 amide bonds. The average Bonchev–Trinajstić information content (AvgIpc) is 2.11. The van der Waals surface area contributed by atoms with Crippen LogP contribution >= 0.6 is 21.9 Å². The van der Waals surface area contributed by atoms with Gasteiger partial charge in [0.1, 0.15) is 0 Å². The van der Waals surface area contributed by atoms with Gasteiger partial charge < -0.3 is 8.92 Å². The van der Waals surface area contributed by atoms with Gasteiger partial charge in [0.05, 0.1) is 6.61 Å². The molecule has 0 aliphatic rings. The molecule has 0 aliphatic carbocycles. The van der Waals surface area contributed by atoms with E-state index in [9.17, 15) is 4.79 Å². The van der Waals surface area contributed by atoms with Crippen molar-refractivity contribution in [1.82, 2.24) is 0 Å². The monoisotopic (exact) mass is 226 g/mol. The number of rotatable bonds is 7. The number of hydrogen-bond acceptors (Lipinski definition) is 4. The van der Waals surface area contributed by atoms with Crippen molar-refractivity contribution in [1.29, 1.82) is 0 Å². The van der Waals surface area contributed by atoms with E-state index < -0.39 is 6.16 Å². The Morgan fingerprint density at radius 1 is 1.31 bits per heavy atom. The summed E-state index contributed by atoms with van der Waals surface area (Å²) in [7, 11) is 5.07. The van der Waals surface area contributed by atoms with E-state index in [0.29, 0.717) is 17.9 Å². The van der Waals surface area contributed by atoms with Crippen molar-refractivity contribution in [3.8, 4) is 0 Å². The average molecular weight is 227 g/mol. The minimum absolute atomic E-state index is 0.417. The zero-order valence-electron chi connectivity index (χ0n) is 7.75. The van der Waals surface area contributed by atoms with Gasteiger partial charge in [-0.25, -0.2) is 4.79 Å². The van der Waals surface area contributed by atoms with E-state index in [1.807, 2.05) is 0 Å². The Bertz CT molecular complexity index is 133. The van der Waals surface area contributed by atoms with E-state index >= 15 is 0 Å². The largest absolute Gasteiger partial charge is 0.521 e. The summed E-state index contributed by atoms with van der Waals surface area (Å²) in [6, 6.07) is 0. The number of carbonyl (C=O) groups is 1. The highest BCUT2D eigenvalue weighted by molar-refractivity contribution is 8.17. The van der Waals surface area contributed by atoms with Gasteiger partial charge in [-0.05, 0) is 6.42 Å². The van der Waals surface area contributed by atoms with E-state index in [1.165, 1.54) is 19.3 Å². The second kappa shape index (κ2) is 9.99. The molecule has 0 N–H and O–H groups in total. The van der Waals surface area contributed by atoms with E-state index in [1.54, 1.807) is 0 Å². The molecule has 0 atom stereocenters. The van der Waals surface area contributed by atoms with E-state index in [0.717, 1.165) is 12.8 Å². The topological polar surface area (TPSA) is 35.5 Å². The molecule has 0 heterocycles. The van der Waals surface area contributed by atoms with E-state index in [4.69, 9.17) is 15.4 Å². The Kier molecular flexibility index (Phi) is 9.92. The lowest BCUT2D eigenvalue weighted by Gasteiger charge is -2.01. The molecule has 0 aliphatic heterocycles. The molecule has 0 aromatic heterocycles. The lowest BCUT2D eigenvalue weighted by molar-refractivity contribution is 0.105. The molecule has 5 heteroatoms. The zero-order chi connectivity index (χ0) is 9.94. The van der Waals surface area contributed by atoms with Crippen molar-refractivity contribution in [2.24, 2.45) is 0 Å². The van der Waals surface area contributed by atoms with Crippen molar-refractivity contribution in [3.05, 3.63) is 0 Å². The van der Waals surface area contributed by atoms with Gasteiger partial charge in [0.15, 0.2) is 11.3 Å². The molecule has 0 saturated carbocycles. The molecule has 0 radical (unpaired) electrons. The van der Waals surface area contributed by atoms with Crippen LogP contribution in [0.15, 0.2) is 0 Å². The summed E-state index contributed by atoms with van der Waals surface area (Å²) in [5.41, 5.74) is 0. The third-order valence-electron chi connectivity index (χ3n) is 1.57. The Morgan fingerprint density at radius 2 is 2.00 bits per heavy atom. The summed E-state index contributed by atoms with van der Waals surface area (Å²) in [6.07, 6.45) is 4.92. The maximum absolute atomic E-state index is 10.6. The molecule has 0 bridgehead atoms. The molecule has 13 heavy (non-hydrogen) atoms. The van der Waals surface area contributed by atoms with Crippen molar-refractivity contribution in [2.45, 2.75) is 39.0 Å². The standard InChI is InChI=1S/C8H15ClO3S/c1-2-3-4-5-6-7-11-8(10)12-13-9/h2-7H2,1H3. The molecular formula is C8H15ClO3S. The van der Waals surface area contributed by atoms with Crippen LogP contribution in [-0.2, 0) is 8.92 Å². The van der Waals surface area contributed by atoms with Crippen molar-refractivity contribution >= 4 is 28.1 Å². The highest BCUT2D eigenvalue weighted by Gasteiger charge is 2.02. The SMILES string of the molecule is CCCCCCCOC(=O)OSCl. The number of ether oxygens (including phenoxy) is 1. The number of carbonyl (C=O) groups excluding carboxylic acids is 1. The minimum Gasteiger partial charge on any atom is -0.434 e. The van der Waals surface area contributed by atoms with Crippen LogP contribution in [0, 0.1) is 0 Å². The van der Waals surface area contributed by atoms with E-state index in [2.05, 4.69) is 11.1 Å². The van der Waals surface area contributed by atoms with Crippen LogP contribution in [0.1, 0.15) is 39.0 Å². The molecule has 0 aromatic rings. The smallest absolute Gasteiger partial charge is 0.434 e. The highest BCUT2D eigenvalue weighted by atomic mass is 35.7. The van der Waals surface area contributed by atoms with Gasteiger partial charge in [0.25, 0.3) is 0 Å². The highest BCUT2D eigenvalue weighted by Crippen LogP contribution is 2.09. The van der Waals surface area contributed by atoms with Crippen molar-refractivity contribution in [2.75, 3.05) is 6.61 Å². The van der Waals surface area contributed by atoms with Crippen LogP contribution in [0.3, 0.4) is 0 Å². The van der Waals surface area contributed by atoms with Gasteiger partial charge in [-0.3, -0.25) is 0 Å². The number of unbranched alkanes of at least 4 members (excludes halogenated alkanes) is 4. The molecular weight excluding hydrogens is 212 g/mol. The fourth-order valence-electron chi connectivity index (χ4n) is 0.911. The molecule has 0 fully saturated rings. The predicted molar refractivity (Wildman–Crippen MR) is 54.6 cm³/mol. The summed E-state index contributed by atoms with van der Waals surface area (Å²) in [5.74, 6) is 0. The van der Waals surface area contributed by atoms with Crippen LogP contribution in [-0.4, -0.2) is 12.8 Å². The van der Waals surface area contributed by atoms with Gasteiger partial charge in [-0.2, -0.15) is 0 Å². The third kappa shape index (κ3) is 9.83. The van der Waals surface area contributed by atoms with Crippen LogP contribution in [0.25, 0.3) is 0 Å². The first kappa shape index (κ1) is 12.9. The fourth-order valence-corrected chi connectivity index (χ4v) is 1.16. The molecule has 0 spiro atoms. The van der Waals surface area contributed by atoms with Gasteiger partial charge in [-0.1, -0.05) is 32.6 Å². The zero-order valence-corrected chi connectivity index (χ0v) is 9.33. The van der Waals surface area contributed by atoms with Crippen molar-refractivity contribution < 1.29 is 13.7 Å². The molecule has 78 valence electrons. The maximum atomic E-state index is 10.6. The normalized spacial score (nSPS) is 9.69. The fraction of sp³-hybridized carbons (Fsp3) is 0.875. The Labute approximate surface area is 87.8 Å². The van der Waals surface area contributed by atoms with Crippen LogP contribution in [0.2, 0.25) is 0 Å². The Balaban J connectivity index is 3.02. The quantitative estimate of drug-likeness (QED) is 0.375. The summed E-state index contributed by atoms with van der Waals surface area (Å²) in [4.78, 5) is 10.6. The maximum Gasteiger partial charge on any atom is 0.521 e. The molecule has 0 rings (SSSR count). The van der Waals surface area contributed by atoms with Crippen molar-refractivity contribution in [3.63, 3.8) is 0 Å². The summed E-state index contributed by atoms with van der Waals surface area (Å²) >= 11 is 0.479. The first-order chi connectivity index (χ1) is 6.31. The summed E-state index contributed by atoms with van der Waals surface area (Å²) in [5, 5.41) is 0. The molecule has 3 nitrogen and oxygen atoms in total. The molecule has 0 saturated heterocycles. The number of halogens is 1. The Morgan fingerprint density at radius 3 is 2.62 bits per heavy atom. The third-order valence-corrected chi connectivity index (χ3v) is 1.96. The summed E-state index contributed by atoms with van der Waals surface area (Å²) < 4.78 is 8.99. The lowest BCUT2D eigenvalue weighted by atomic mass is 10.2. The number of hydrogen-bond donors (Lipinski definition) is 0. The molecule has 0 unspecified atom stereocenters. The first-order valence-corrected chi connectivity index (χ1v) is 6.00. The second-order valence-electron chi connectivity index (χ2n) is 2.66. The van der Waals surface area contributed by atoms with Crippen LogP contribution in [0.4, 0.5) is 4.79 Å². The van der Waals surface area contributed by atoms with Gasteiger partial charge in [0, 0.05) is 10.7 Å².